The molecular weight excluding hydrogens is 200 g/mol. The molecule has 0 aromatic rings. The van der Waals surface area contributed by atoms with Gasteiger partial charge in [0, 0.05) is 26.2 Å². The summed E-state index contributed by atoms with van der Waals surface area (Å²) in [6.07, 6.45) is 7.98. The fraction of sp³-hybridized carbons (Fsp3) is 1.00. The Balaban J connectivity index is 1.63. The Kier molecular flexibility index (Phi) is 3.43. The molecule has 2 atom stereocenters. The first kappa shape index (κ1) is 11.0. The summed E-state index contributed by atoms with van der Waals surface area (Å²) in [5, 5.41) is 7.29. The molecule has 16 heavy (non-hydrogen) atoms. The smallest absolute Gasteiger partial charge is 0.118 e. The Hall–Kier alpha value is -0.160. The zero-order valence-corrected chi connectivity index (χ0v) is 10.1. The largest absolute Gasteiger partial charge is 0.302 e. The molecule has 3 aliphatic rings. The molecule has 3 saturated heterocycles. The van der Waals surface area contributed by atoms with Crippen molar-refractivity contribution < 1.29 is 0 Å². The summed E-state index contributed by atoms with van der Waals surface area (Å²) in [7, 11) is 0. The molecule has 0 aromatic heterocycles. The first-order chi connectivity index (χ1) is 7.95. The van der Waals surface area contributed by atoms with Gasteiger partial charge in [0.25, 0.3) is 0 Å². The number of nitrogens with one attached hydrogen (secondary N) is 2. The molecule has 0 radical (unpaired) electrons. The predicted molar refractivity (Wildman–Crippen MR) is 64.9 cm³/mol. The molecule has 0 spiro atoms. The van der Waals surface area contributed by atoms with Crippen molar-refractivity contribution in [3.05, 3.63) is 0 Å². The predicted octanol–water partition coefficient (Wildman–Crippen LogP) is 0.371. The highest BCUT2D eigenvalue weighted by Crippen LogP contribution is 2.20. The Morgan fingerprint density at radius 1 is 0.812 bits per heavy atom. The zero-order valence-electron chi connectivity index (χ0n) is 10.1. The molecule has 2 N–H and O–H groups in total. The first-order valence-corrected chi connectivity index (χ1v) is 6.92. The number of hydrogen-bond donors (Lipinski definition) is 2. The molecule has 3 heterocycles. The molecule has 3 fully saturated rings. The Morgan fingerprint density at radius 3 is 2.44 bits per heavy atom. The molecule has 0 bridgehead atoms. The first-order valence-electron chi connectivity index (χ1n) is 6.92. The van der Waals surface area contributed by atoms with Crippen molar-refractivity contribution in [3.8, 4) is 0 Å². The maximum absolute atomic E-state index is 3.67. The quantitative estimate of drug-likeness (QED) is 0.709. The van der Waals surface area contributed by atoms with E-state index in [1.54, 1.807) is 0 Å². The van der Waals surface area contributed by atoms with E-state index in [1.807, 2.05) is 0 Å². The maximum Gasteiger partial charge on any atom is 0.118 e. The Labute approximate surface area is 98.4 Å². The molecule has 2 unspecified atom stereocenters. The van der Waals surface area contributed by atoms with Gasteiger partial charge in [0.1, 0.15) is 6.29 Å². The fourth-order valence-electron chi connectivity index (χ4n) is 3.34. The highest BCUT2D eigenvalue weighted by molar-refractivity contribution is 4.86. The van der Waals surface area contributed by atoms with Crippen molar-refractivity contribution >= 4 is 0 Å². The van der Waals surface area contributed by atoms with Gasteiger partial charge in [-0.1, -0.05) is 6.42 Å². The second-order valence-electron chi connectivity index (χ2n) is 5.27. The minimum Gasteiger partial charge on any atom is -0.302 e. The van der Waals surface area contributed by atoms with Crippen LogP contribution in [-0.2, 0) is 0 Å². The van der Waals surface area contributed by atoms with Gasteiger partial charge in [0.05, 0.1) is 6.17 Å². The van der Waals surface area contributed by atoms with Crippen LogP contribution < -0.4 is 10.6 Å². The van der Waals surface area contributed by atoms with E-state index in [0.717, 1.165) is 6.54 Å². The summed E-state index contributed by atoms with van der Waals surface area (Å²) < 4.78 is 0. The standard InChI is InChI=1S/C12H24N4/c1-2-8-15(9-3-1)12-14-7-10-16(12)11-5-4-6-13-11/h11-14H,1-10H2. The van der Waals surface area contributed by atoms with Crippen LogP contribution in [0.1, 0.15) is 32.1 Å². The third kappa shape index (κ3) is 2.12. The van der Waals surface area contributed by atoms with Crippen LogP contribution in [0, 0.1) is 0 Å². The van der Waals surface area contributed by atoms with Crippen molar-refractivity contribution in [3.63, 3.8) is 0 Å². The molecule has 0 amide bonds. The number of rotatable bonds is 2. The number of nitrogens with zero attached hydrogens (tertiary/aromatic N) is 2. The third-order valence-electron chi connectivity index (χ3n) is 4.18. The van der Waals surface area contributed by atoms with E-state index in [1.165, 1.54) is 58.3 Å². The van der Waals surface area contributed by atoms with Crippen LogP contribution in [0.2, 0.25) is 0 Å². The van der Waals surface area contributed by atoms with Crippen molar-refractivity contribution in [1.29, 1.82) is 0 Å². The third-order valence-corrected chi connectivity index (χ3v) is 4.18. The summed E-state index contributed by atoms with van der Waals surface area (Å²) in [5.41, 5.74) is 0. The molecular formula is C12H24N4. The fourth-order valence-corrected chi connectivity index (χ4v) is 3.34. The maximum atomic E-state index is 3.67. The number of likely N-dealkylation sites (tertiary alicyclic amines) is 1. The van der Waals surface area contributed by atoms with E-state index in [9.17, 15) is 0 Å². The topological polar surface area (TPSA) is 30.5 Å². The van der Waals surface area contributed by atoms with Gasteiger partial charge in [-0.25, -0.2) is 0 Å². The lowest BCUT2D eigenvalue weighted by atomic mass is 10.1. The van der Waals surface area contributed by atoms with Crippen molar-refractivity contribution in [2.75, 3.05) is 32.7 Å². The van der Waals surface area contributed by atoms with E-state index >= 15 is 0 Å². The molecule has 0 saturated carbocycles. The van der Waals surface area contributed by atoms with Crippen LogP contribution in [0.25, 0.3) is 0 Å². The molecule has 0 aromatic carbocycles. The van der Waals surface area contributed by atoms with Crippen LogP contribution in [0.5, 0.6) is 0 Å². The van der Waals surface area contributed by atoms with E-state index < -0.39 is 0 Å². The molecule has 92 valence electrons. The zero-order chi connectivity index (χ0) is 10.8. The summed E-state index contributed by atoms with van der Waals surface area (Å²) in [6, 6.07) is 0. The summed E-state index contributed by atoms with van der Waals surface area (Å²) in [4.78, 5) is 5.27. The molecule has 3 aliphatic heterocycles. The van der Waals surface area contributed by atoms with E-state index in [2.05, 4.69) is 20.4 Å². The summed E-state index contributed by atoms with van der Waals surface area (Å²) >= 11 is 0. The van der Waals surface area contributed by atoms with Gasteiger partial charge in [-0.3, -0.25) is 15.1 Å². The van der Waals surface area contributed by atoms with Gasteiger partial charge in [-0.05, 0) is 32.2 Å². The lowest BCUT2D eigenvalue weighted by Gasteiger charge is -2.39. The average molecular weight is 224 g/mol. The lowest BCUT2D eigenvalue weighted by molar-refractivity contribution is 0.0153. The number of piperidine rings is 1. The normalized spacial score (nSPS) is 38.2. The number of hydrogen-bond acceptors (Lipinski definition) is 4. The van der Waals surface area contributed by atoms with Gasteiger partial charge >= 0.3 is 0 Å². The minimum atomic E-state index is 0.510. The van der Waals surface area contributed by atoms with Gasteiger partial charge in [0.2, 0.25) is 0 Å². The summed E-state index contributed by atoms with van der Waals surface area (Å²) in [5.74, 6) is 0. The van der Waals surface area contributed by atoms with Crippen LogP contribution in [0.3, 0.4) is 0 Å². The van der Waals surface area contributed by atoms with Crippen molar-refractivity contribution in [2.24, 2.45) is 0 Å². The van der Waals surface area contributed by atoms with Crippen LogP contribution in [-0.4, -0.2) is 55.0 Å². The molecule has 4 heteroatoms. The Bertz CT molecular complexity index is 221. The van der Waals surface area contributed by atoms with Crippen LogP contribution in [0.4, 0.5) is 0 Å². The van der Waals surface area contributed by atoms with Crippen LogP contribution in [0.15, 0.2) is 0 Å². The SMILES string of the molecule is C1CCN(C2NCCN2C2CCCN2)CC1. The average Bonchev–Trinajstić information content (AvgIpc) is 3.01. The second kappa shape index (κ2) is 5.00. The Morgan fingerprint density at radius 2 is 1.69 bits per heavy atom. The monoisotopic (exact) mass is 224 g/mol. The van der Waals surface area contributed by atoms with E-state index in [-0.39, 0.29) is 0 Å². The second-order valence-corrected chi connectivity index (χ2v) is 5.27. The van der Waals surface area contributed by atoms with Crippen LogP contribution >= 0.6 is 0 Å². The van der Waals surface area contributed by atoms with Gasteiger partial charge in [0.15, 0.2) is 0 Å². The van der Waals surface area contributed by atoms with Crippen molar-refractivity contribution in [2.45, 2.75) is 44.6 Å². The minimum absolute atomic E-state index is 0.510. The molecule has 3 rings (SSSR count). The van der Waals surface area contributed by atoms with E-state index in [4.69, 9.17) is 0 Å². The van der Waals surface area contributed by atoms with Gasteiger partial charge < -0.3 is 5.32 Å². The highest BCUT2D eigenvalue weighted by Gasteiger charge is 2.35. The van der Waals surface area contributed by atoms with Crippen molar-refractivity contribution in [1.82, 2.24) is 20.4 Å². The van der Waals surface area contributed by atoms with Gasteiger partial charge in [-0.2, -0.15) is 0 Å². The lowest BCUT2D eigenvalue weighted by Crippen LogP contribution is -2.56. The molecule has 4 nitrogen and oxygen atoms in total. The van der Waals surface area contributed by atoms with E-state index in [0.29, 0.717) is 12.5 Å². The summed E-state index contributed by atoms with van der Waals surface area (Å²) in [6.45, 7) is 6.12. The highest BCUT2D eigenvalue weighted by atomic mass is 15.5. The molecule has 0 aliphatic carbocycles. The van der Waals surface area contributed by atoms with Gasteiger partial charge in [-0.15, -0.1) is 0 Å².